The zero-order chi connectivity index (χ0) is 21.0. The summed E-state index contributed by atoms with van der Waals surface area (Å²) in [6.45, 7) is 4.90. The lowest BCUT2D eigenvalue weighted by atomic mass is 9.73. The Kier molecular flexibility index (Phi) is 6.36. The highest BCUT2D eigenvalue weighted by atomic mass is 19.1. The summed E-state index contributed by atoms with van der Waals surface area (Å²) in [6.07, 6.45) is 2.08. The minimum Gasteiger partial charge on any atom is -0.359 e. The second kappa shape index (κ2) is 8.76. The molecule has 0 radical (unpaired) electrons. The summed E-state index contributed by atoms with van der Waals surface area (Å²) in [6, 6.07) is 14.4. The Bertz CT molecular complexity index is 896. The van der Waals surface area contributed by atoms with Gasteiger partial charge in [0.2, 0.25) is 11.8 Å². The standard InChI is InChI=1S/C24H29FN2O2/c1-17(2)22(28)27-12-6-11-24(16-27,23(29)26-3)15-18-7-4-8-19(13-18)20-9-5-10-21(25)14-20/h4-5,7-10,13-14,17H,6,11-12,15-16H2,1-3H3,(H,26,29). The topological polar surface area (TPSA) is 49.4 Å². The molecule has 1 N–H and O–H groups in total. The fourth-order valence-electron chi connectivity index (χ4n) is 4.28. The van der Waals surface area contributed by atoms with E-state index in [9.17, 15) is 14.0 Å². The Morgan fingerprint density at radius 1 is 1.14 bits per heavy atom. The van der Waals surface area contributed by atoms with E-state index >= 15 is 0 Å². The first-order chi connectivity index (χ1) is 13.8. The number of nitrogens with one attached hydrogen (secondary N) is 1. The quantitative estimate of drug-likeness (QED) is 0.829. The van der Waals surface area contributed by atoms with Gasteiger partial charge in [-0.2, -0.15) is 0 Å². The van der Waals surface area contributed by atoms with Gasteiger partial charge in [-0.15, -0.1) is 0 Å². The fourth-order valence-corrected chi connectivity index (χ4v) is 4.28. The molecule has 29 heavy (non-hydrogen) atoms. The number of hydrogen-bond donors (Lipinski definition) is 1. The molecule has 1 heterocycles. The van der Waals surface area contributed by atoms with Gasteiger partial charge in [-0.05, 0) is 48.1 Å². The maximum absolute atomic E-state index is 13.6. The van der Waals surface area contributed by atoms with Crippen molar-refractivity contribution in [2.24, 2.45) is 11.3 Å². The third-order valence-corrected chi connectivity index (χ3v) is 5.72. The van der Waals surface area contributed by atoms with Gasteiger partial charge in [-0.25, -0.2) is 4.39 Å². The van der Waals surface area contributed by atoms with Gasteiger partial charge < -0.3 is 10.2 Å². The van der Waals surface area contributed by atoms with Crippen molar-refractivity contribution in [1.82, 2.24) is 10.2 Å². The van der Waals surface area contributed by atoms with Crippen LogP contribution in [0.15, 0.2) is 48.5 Å². The average molecular weight is 397 g/mol. The number of carbonyl (C=O) groups excluding carboxylic acids is 2. The maximum Gasteiger partial charge on any atom is 0.228 e. The molecule has 154 valence electrons. The molecule has 1 aliphatic rings. The molecule has 2 amide bonds. The first-order valence-corrected chi connectivity index (χ1v) is 10.2. The van der Waals surface area contributed by atoms with E-state index in [1.165, 1.54) is 12.1 Å². The summed E-state index contributed by atoms with van der Waals surface area (Å²) < 4.78 is 13.6. The molecular weight excluding hydrogens is 367 g/mol. The van der Waals surface area contributed by atoms with Crippen LogP contribution in [0.1, 0.15) is 32.3 Å². The van der Waals surface area contributed by atoms with Crippen molar-refractivity contribution in [3.05, 3.63) is 59.9 Å². The van der Waals surface area contributed by atoms with Crippen molar-refractivity contribution in [1.29, 1.82) is 0 Å². The Hall–Kier alpha value is -2.69. The van der Waals surface area contributed by atoms with Gasteiger partial charge in [0, 0.05) is 26.1 Å². The van der Waals surface area contributed by atoms with Crippen LogP contribution in [0.3, 0.4) is 0 Å². The molecule has 1 unspecified atom stereocenters. The van der Waals surface area contributed by atoms with Gasteiger partial charge in [0.05, 0.1) is 5.41 Å². The van der Waals surface area contributed by atoms with Crippen molar-refractivity contribution in [3.63, 3.8) is 0 Å². The highest BCUT2D eigenvalue weighted by Gasteiger charge is 2.43. The lowest BCUT2D eigenvalue weighted by Crippen LogP contribution is -2.54. The molecule has 2 aromatic carbocycles. The third kappa shape index (κ3) is 4.66. The summed E-state index contributed by atoms with van der Waals surface area (Å²) in [5.74, 6) is -0.307. The largest absolute Gasteiger partial charge is 0.359 e. The van der Waals surface area contributed by atoms with Gasteiger partial charge in [0.1, 0.15) is 5.82 Å². The molecule has 0 saturated carbocycles. The smallest absolute Gasteiger partial charge is 0.228 e. The number of carbonyl (C=O) groups is 2. The summed E-state index contributed by atoms with van der Waals surface area (Å²) in [4.78, 5) is 27.3. The van der Waals surface area contributed by atoms with Crippen LogP contribution in [0.2, 0.25) is 0 Å². The van der Waals surface area contributed by atoms with Crippen molar-refractivity contribution >= 4 is 11.8 Å². The number of piperidine rings is 1. The van der Waals surface area contributed by atoms with Gasteiger partial charge in [0.15, 0.2) is 0 Å². The van der Waals surface area contributed by atoms with Crippen molar-refractivity contribution in [3.8, 4) is 11.1 Å². The van der Waals surface area contributed by atoms with Crippen LogP contribution in [-0.4, -0.2) is 36.9 Å². The first kappa shape index (κ1) is 21.0. The molecule has 0 spiro atoms. The molecule has 3 rings (SSSR count). The van der Waals surface area contributed by atoms with E-state index in [0.717, 1.165) is 29.5 Å². The molecule has 0 aromatic heterocycles. The van der Waals surface area contributed by atoms with Crippen LogP contribution >= 0.6 is 0 Å². The lowest BCUT2D eigenvalue weighted by molar-refractivity contribution is -0.143. The molecule has 0 aliphatic carbocycles. The zero-order valence-corrected chi connectivity index (χ0v) is 17.4. The van der Waals surface area contributed by atoms with E-state index < -0.39 is 5.41 Å². The highest BCUT2D eigenvalue weighted by molar-refractivity contribution is 5.85. The van der Waals surface area contributed by atoms with Crippen LogP contribution in [0.5, 0.6) is 0 Å². The van der Waals surface area contributed by atoms with Crippen LogP contribution in [0.25, 0.3) is 11.1 Å². The van der Waals surface area contributed by atoms with Crippen LogP contribution in [0, 0.1) is 17.2 Å². The molecule has 1 atom stereocenters. The molecule has 1 saturated heterocycles. The summed E-state index contributed by atoms with van der Waals surface area (Å²) >= 11 is 0. The van der Waals surface area contributed by atoms with E-state index in [0.29, 0.717) is 19.5 Å². The number of amides is 2. The van der Waals surface area contributed by atoms with Crippen LogP contribution < -0.4 is 5.32 Å². The third-order valence-electron chi connectivity index (χ3n) is 5.72. The summed E-state index contributed by atoms with van der Waals surface area (Å²) in [5, 5.41) is 2.81. The SMILES string of the molecule is CNC(=O)C1(Cc2cccc(-c3cccc(F)c3)c2)CCCN(C(=O)C(C)C)C1. The van der Waals surface area contributed by atoms with Gasteiger partial charge in [-0.1, -0.05) is 50.2 Å². The molecule has 4 nitrogen and oxygen atoms in total. The lowest BCUT2D eigenvalue weighted by Gasteiger charge is -2.42. The van der Waals surface area contributed by atoms with Crippen molar-refractivity contribution < 1.29 is 14.0 Å². The minimum atomic E-state index is -0.655. The van der Waals surface area contributed by atoms with Gasteiger partial charge >= 0.3 is 0 Å². The van der Waals surface area contributed by atoms with E-state index in [1.807, 2.05) is 49.1 Å². The molecule has 1 aliphatic heterocycles. The summed E-state index contributed by atoms with van der Waals surface area (Å²) in [5.41, 5.74) is 2.08. The number of hydrogen-bond acceptors (Lipinski definition) is 2. The normalized spacial score (nSPS) is 19.3. The Morgan fingerprint density at radius 2 is 1.83 bits per heavy atom. The van der Waals surface area contributed by atoms with Crippen molar-refractivity contribution in [2.75, 3.05) is 20.1 Å². The molecular formula is C24H29FN2O2. The molecule has 0 bridgehead atoms. The van der Waals surface area contributed by atoms with E-state index in [4.69, 9.17) is 0 Å². The average Bonchev–Trinajstić information content (AvgIpc) is 2.72. The number of likely N-dealkylation sites (tertiary alicyclic amines) is 1. The number of rotatable bonds is 5. The number of benzene rings is 2. The maximum atomic E-state index is 13.6. The zero-order valence-electron chi connectivity index (χ0n) is 17.4. The first-order valence-electron chi connectivity index (χ1n) is 10.2. The van der Waals surface area contributed by atoms with Gasteiger partial charge in [-0.3, -0.25) is 9.59 Å². The number of nitrogens with zero attached hydrogens (tertiary/aromatic N) is 1. The molecule has 5 heteroatoms. The Morgan fingerprint density at radius 3 is 2.48 bits per heavy atom. The van der Waals surface area contributed by atoms with Crippen LogP contribution in [0.4, 0.5) is 4.39 Å². The summed E-state index contributed by atoms with van der Waals surface area (Å²) in [7, 11) is 1.65. The number of halogens is 1. The predicted molar refractivity (Wildman–Crippen MR) is 113 cm³/mol. The minimum absolute atomic E-state index is 0.0325. The second-order valence-electron chi connectivity index (χ2n) is 8.27. The predicted octanol–water partition coefficient (Wildman–Crippen LogP) is 4.05. The monoisotopic (exact) mass is 396 g/mol. The van der Waals surface area contributed by atoms with Crippen molar-refractivity contribution in [2.45, 2.75) is 33.1 Å². The highest BCUT2D eigenvalue weighted by Crippen LogP contribution is 2.35. The Balaban J connectivity index is 1.90. The fraction of sp³-hybridized carbons (Fsp3) is 0.417. The Labute approximate surface area is 172 Å². The van der Waals surface area contributed by atoms with E-state index in [1.54, 1.807) is 13.1 Å². The van der Waals surface area contributed by atoms with Crippen LogP contribution in [-0.2, 0) is 16.0 Å². The van der Waals surface area contributed by atoms with E-state index in [-0.39, 0.29) is 23.5 Å². The molecule has 1 fully saturated rings. The molecule has 2 aromatic rings. The van der Waals surface area contributed by atoms with Gasteiger partial charge in [0.25, 0.3) is 0 Å². The van der Waals surface area contributed by atoms with E-state index in [2.05, 4.69) is 5.32 Å². The second-order valence-corrected chi connectivity index (χ2v) is 8.27.